The number of H-pyrrole nitrogens is 1. The van der Waals surface area contributed by atoms with E-state index in [1.54, 1.807) is 11.3 Å². The van der Waals surface area contributed by atoms with Crippen LogP contribution in [0.3, 0.4) is 0 Å². The van der Waals surface area contributed by atoms with Crippen LogP contribution in [0.15, 0.2) is 4.79 Å². The third kappa shape index (κ3) is 3.65. The first-order chi connectivity index (χ1) is 11.1. The first-order valence-electron chi connectivity index (χ1n) is 8.44. The molecule has 126 valence electrons. The second kappa shape index (κ2) is 7.11. The molecule has 0 aliphatic carbocycles. The molecule has 2 aromatic rings. The zero-order chi connectivity index (χ0) is 16.4. The van der Waals surface area contributed by atoms with Crippen molar-refractivity contribution < 1.29 is 0 Å². The fourth-order valence-electron chi connectivity index (χ4n) is 3.37. The highest BCUT2D eigenvalue weighted by atomic mass is 32.1. The van der Waals surface area contributed by atoms with Gasteiger partial charge in [0.1, 0.15) is 10.7 Å². The zero-order valence-electron chi connectivity index (χ0n) is 14.2. The summed E-state index contributed by atoms with van der Waals surface area (Å²) in [6.45, 7) is 8.10. The molecule has 3 rings (SSSR count). The number of nitrogens with zero attached hydrogens (tertiary/aromatic N) is 2. The summed E-state index contributed by atoms with van der Waals surface area (Å²) in [6, 6.07) is 0. The van der Waals surface area contributed by atoms with Crippen molar-refractivity contribution in [3.63, 3.8) is 0 Å². The molecular weight excluding hydrogens is 308 g/mol. The van der Waals surface area contributed by atoms with Crippen molar-refractivity contribution in [2.75, 3.05) is 26.7 Å². The van der Waals surface area contributed by atoms with Gasteiger partial charge in [-0.05, 0) is 71.3 Å². The van der Waals surface area contributed by atoms with Crippen molar-refractivity contribution in [3.8, 4) is 0 Å². The minimum Gasteiger partial charge on any atom is -0.320 e. The Kier molecular flexibility index (Phi) is 5.14. The van der Waals surface area contributed by atoms with E-state index in [0.29, 0.717) is 0 Å². The highest BCUT2D eigenvalue weighted by molar-refractivity contribution is 7.18. The Bertz CT molecular complexity index is 728. The molecule has 0 saturated carbocycles. The summed E-state index contributed by atoms with van der Waals surface area (Å²) in [5.41, 5.74) is 1.08. The Morgan fingerprint density at radius 1 is 1.35 bits per heavy atom. The highest BCUT2D eigenvalue weighted by Gasteiger charge is 2.20. The van der Waals surface area contributed by atoms with E-state index in [0.717, 1.165) is 53.7 Å². The lowest BCUT2D eigenvalue weighted by Gasteiger charge is -2.31. The maximum Gasteiger partial charge on any atom is 0.259 e. The van der Waals surface area contributed by atoms with Crippen LogP contribution >= 0.6 is 11.3 Å². The lowest BCUT2D eigenvalue weighted by molar-refractivity contribution is 0.169. The average molecular weight is 334 g/mol. The molecule has 0 spiro atoms. The predicted octanol–water partition coefficient (Wildman–Crippen LogP) is 2.42. The molecule has 0 aromatic carbocycles. The van der Waals surface area contributed by atoms with Gasteiger partial charge in [-0.25, -0.2) is 4.98 Å². The second-order valence-corrected chi connectivity index (χ2v) is 7.79. The lowest BCUT2D eigenvalue weighted by Crippen LogP contribution is -2.35. The minimum atomic E-state index is 0.00996. The Morgan fingerprint density at radius 3 is 2.78 bits per heavy atom. The predicted molar refractivity (Wildman–Crippen MR) is 96.3 cm³/mol. The van der Waals surface area contributed by atoms with Crippen LogP contribution in [0.1, 0.15) is 35.5 Å². The van der Waals surface area contributed by atoms with Crippen molar-refractivity contribution in [2.45, 2.75) is 39.7 Å². The van der Waals surface area contributed by atoms with Crippen LogP contribution in [-0.2, 0) is 6.54 Å². The molecule has 0 atom stereocenters. The van der Waals surface area contributed by atoms with Crippen LogP contribution in [0.5, 0.6) is 0 Å². The van der Waals surface area contributed by atoms with Crippen LogP contribution in [0.25, 0.3) is 10.2 Å². The Morgan fingerprint density at radius 2 is 2.09 bits per heavy atom. The molecule has 1 aliphatic heterocycles. The first-order valence-corrected chi connectivity index (χ1v) is 9.26. The normalized spacial score (nSPS) is 17.2. The van der Waals surface area contributed by atoms with Crippen LogP contribution in [0.2, 0.25) is 0 Å². The van der Waals surface area contributed by atoms with E-state index in [-0.39, 0.29) is 5.56 Å². The summed E-state index contributed by atoms with van der Waals surface area (Å²) in [5.74, 6) is 1.63. The summed E-state index contributed by atoms with van der Waals surface area (Å²) < 4.78 is 0. The van der Waals surface area contributed by atoms with Crippen LogP contribution in [0.4, 0.5) is 0 Å². The fraction of sp³-hybridized carbons (Fsp3) is 0.647. The van der Waals surface area contributed by atoms with Crippen molar-refractivity contribution in [3.05, 3.63) is 26.6 Å². The van der Waals surface area contributed by atoms with Crippen molar-refractivity contribution in [1.82, 2.24) is 20.2 Å². The van der Waals surface area contributed by atoms with Crippen molar-refractivity contribution in [2.24, 2.45) is 5.92 Å². The number of likely N-dealkylation sites (tertiary alicyclic amines) is 1. The van der Waals surface area contributed by atoms with Gasteiger partial charge in [0.15, 0.2) is 0 Å². The largest absolute Gasteiger partial charge is 0.320 e. The Balaban J connectivity index is 1.67. The van der Waals surface area contributed by atoms with Gasteiger partial charge in [-0.3, -0.25) is 9.69 Å². The van der Waals surface area contributed by atoms with E-state index in [1.807, 2.05) is 14.0 Å². The molecule has 0 radical (unpaired) electrons. The van der Waals surface area contributed by atoms with Gasteiger partial charge in [-0.2, -0.15) is 0 Å². The van der Waals surface area contributed by atoms with E-state index in [4.69, 9.17) is 4.98 Å². The highest BCUT2D eigenvalue weighted by Crippen LogP contribution is 2.26. The molecule has 1 fully saturated rings. The Hall–Kier alpha value is -1.24. The number of hydrogen-bond acceptors (Lipinski definition) is 5. The SMILES string of the molecule is CNCCC1CCN(Cc2nc3sc(C)c(C)c3c(=O)[nH]2)CC1. The summed E-state index contributed by atoms with van der Waals surface area (Å²) in [6.07, 6.45) is 3.75. The van der Waals surface area contributed by atoms with Gasteiger partial charge >= 0.3 is 0 Å². The van der Waals surface area contributed by atoms with Crippen molar-refractivity contribution in [1.29, 1.82) is 0 Å². The number of piperidine rings is 1. The topological polar surface area (TPSA) is 61.0 Å². The van der Waals surface area contributed by atoms with E-state index in [1.165, 1.54) is 24.1 Å². The Labute approximate surface area is 141 Å². The third-order valence-corrected chi connectivity index (χ3v) is 6.07. The standard InChI is InChI=1S/C17H26N4OS/c1-11-12(2)23-17-15(11)16(22)19-14(20-17)10-21-8-5-13(6-9-21)4-7-18-3/h13,18H,4-10H2,1-3H3,(H,19,20,22). The fourth-order valence-corrected chi connectivity index (χ4v) is 4.42. The number of rotatable bonds is 5. The smallest absolute Gasteiger partial charge is 0.259 e. The van der Waals surface area contributed by atoms with Gasteiger partial charge < -0.3 is 10.3 Å². The molecule has 2 aromatic heterocycles. The van der Waals surface area contributed by atoms with Crippen LogP contribution in [0, 0.1) is 19.8 Å². The molecule has 23 heavy (non-hydrogen) atoms. The van der Waals surface area contributed by atoms with E-state index in [2.05, 4.69) is 22.1 Å². The molecule has 1 saturated heterocycles. The second-order valence-electron chi connectivity index (χ2n) is 6.59. The minimum absolute atomic E-state index is 0.00996. The van der Waals surface area contributed by atoms with Crippen molar-refractivity contribution >= 4 is 21.6 Å². The summed E-state index contributed by atoms with van der Waals surface area (Å²) >= 11 is 1.62. The average Bonchev–Trinajstić information content (AvgIpc) is 2.81. The number of nitrogens with one attached hydrogen (secondary N) is 2. The quantitative estimate of drug-likeness (QED) is 0.881. The van der Waals surface area contributed by atoms with Gasteiger partial charge in [0.25, 0.3) is 5.56 Å². The van der Waals surface area contributed by atoms with Gasteiger partial charge in [0.05, 0.1) is 11.9 Å². The number of thiophene rings is 1. The molecule has 2 N–H and O–H groups in total. The molecular formula is C17H26N4OS. The first kappa shape index (κ1) is 16.6. The summed E-state index contributed by atoms with van der Waals surface area (Å²) in [5, 5.41) is 4.00. The zero-order valence-corrected chi connectivity index (χ0v) is 15.1. The monoisotopic (exact) mass is 334 g/mol. The molecule has 1 aliphatic rings. The molecule has 0 amide bonds. The maximum absolute atomic E-state index is 12.3. The van der Waals surface area contributed by atoms with Gasteiger partial charge in [-0.1, -0.05) is 0 Å². The maximum atomic E-state index is 12.3. The van der Waals surface area contributed by atoms with E-state index in [9.17, 15) is 4.79 Å². The van der Waals surface area contributed by atoms with E-state index >= 15 is 0 Å². The number of fused-ring (bicyclic) bond motifs is 1. The number of aryl methyl sites for hydroxylation is 2. The summed E-state index contributed by atoms with van der Waals surface area (Å²) in [4.78, 5) is 24.5. The third-order valence-electron chi connectivity index (χ3n) is 4.97. The number of aromatic nitrogens is 2. The van der Waals surface area contributed by atoms with Gasteiger partial charge in [0.2, 0.25) is 0 Å². The number of hydrogen-bond donors (Lipinski definition) is 2. The molecule has 0 unspecified atom stereocenters. The molecule has 3 heterocycles. The van der Waals surface area contributed by atoms with Crippen LogP contribution in [-0.4, -0.2) is 41.5 Å². The van der Waals surface area contributed by atoms with E-state index < -0.39 is 0 Å². The lowest BCUT2D eigenvalue weighted by atomic mass is 9.93. The molecule has 0 bridgehead atoms. The summed E-state index contributed by atoms with van der Waals surface area (Å²) in [7, 11) is 2.02. The number of aromatic amines is 1. The van der Waals surface area contributed by atoms with Gasteiger partial charge in [-0.15, -0.1) is 11.3 Å². The van der Waals surface area contributed by atoms with Crippen LogP contribution < -0.4 is 10.9 Å². The molecule has 5 nitrogen and oxygen atoms in total. The van der Waals surface area contributed by atoms with Gasteiger partial charge in [0, 0.05) is 4.88 Å². The molecule has 6 heteroatoms.